The number of para-hydroxylation sites is 1. The number of amides is 2. The molecule has 1 fully saturated rings. The predicted molar refractivity (Wildman–Crippen MR) is 127 cm³/mol. The maximum absolute atomic E-state index is 12.5. The van der Waals surface area contributed by atoms with Crippen molar-refractivity contribution < 1.29 is 23.8 Å². The highest BCUT2D eigenvalue weighted by Gasteiger charge is 2.27. The van der Waals surface area contributed by atoms with Gasteiger partial charge in [0, 0.05) is 39.3 Å². The lowest BCUT2D eigenvalue weighted by Gasteiger charge is -2.38. The molecule has 2 aromatic rings. The summed E-state index contributed by atoms with van der Waals surface area (Å²) in [5.74, 6) is 0.911. The van der Waals surface area contributed by atoms with Crippen molar-refractivity contribution in [1.29, 1.82) is 0 Å². The van der Waals surface area contributed by atoms with E-state index < -0.39 is 11.8 Å². The van der Waals surface area contributed by atoms with Gasteiger partial charge < -0.3 is 29.7 Å². The standard InChI is InChI=1S/C25H32N4O5/c1-28-11-13-29(14-12-28)20(19-7-8-22-23(15-19)34-17-33-22)16-27-25(31)24(30)26-10-9-18-5-3-4-6-21(18)32-2/h3-8,15,20H,9-14,16-17H2,1-2H3,(H,26,30)(H,27,31)/t20-/m0/s1. The van der Waals surface area contributed by atoms with E-state index in [0.717, 1.165) is 48.8 Å². The van der Waals surface area contributed by atoms with E-state index in [9.17, 15) is 9.59 Å². The van der Waals surface area contributed by atoms with Gasteiger partial charge in [-0.25, -0.2) is 0 Å². The Morgan fingerprint density at radius 1 is 1.00 bits per heavy atom. The number of piperazine rings is 1. The summed E-state index contributed by atoms with van der Waals surface area (Å²) in [5, 5.41) is 5.53. The lowest BCUT2D eigenvalue weighted by molar-refractivity contribution is -0.139. The summed E-state index contributed by atoms with van der Waals surface area (Å²) in [5.41, 5.74) is 1.99. The number of carbonyl (C=O) groups excluding carboxylic acids is 2. The fourth-order valence-corrected chi connectivity index (χ4v) is 4.28. The number of ether oxygens (including phenoxy) is 3. The van der Waals surface area contributed by atoms with Gasteiger partial charge in [-0.05, 0) is 42.8 Å². The number of benzene rings is 2. The zero-order valence-electron chi connectivity index (χ0n) is 19.7. The molecule has 2 aliphatic heterocycles. The molecule has 9 nitrogen and oxygen atoms in total. The monoisotopic (exact) mass is 468 g/mol. The molecule has 182 valence electrons. The molecule has 4 rings (SSSR count). The third kappa shape index (κ3) is 5.78. The number of likely N-dealkylation sites (N-methyl/N-ethyl adjacent to an activating group) is 1. The van der Waals surface area contributed by atoms with E-state index in [1.54, 1.807) is 7.11 Å². The highest BCUT2D eigenvalue weighted by atomic mass is 16.7. The van der Waals surface area contributed by atoms with Crippen molar-refractivity contribution in [2.24, 2.45) is 0 Å². The summed E-state index contributed by atoms with van der Waals surface area (Å²) in [4.78, 5) is 29.6. The minimum absolute atomic E-state index is 0.0754. The minimum Gasteiger partial charge on any atom is -0.496 e. The molecule has 2 amide bonds. The maximum atomic E-state index is 12.5. The van der Waals surface area contributed by atoms with Crippen molar-refractivity contribution in [2.75, 3.05) is 60.2 Å². The number of nitrogens with one attached hydrogen (secondary N) is 2. The fourth-order valence-electron chi connectivity index (χ4n) is 4.28. The second-order valence-corrected chi connectivity index (χ2v) is 8.50. The van der Waals surface area contributed by atoms with Gasteiger partial charge in [-0.15, -0.1) is 0 Å². The van der Waals surface area contributed by atoms with Crippen LogP contribution in [0.5, 0.6) is 17.2 Å². The van der Waals surface area contributed by atoms with Crippen molar-refractivity contribution in [3.05, 3.63) is 53.6 Å². The van der Waals surface area contributed by atoms with Crippen molar-refractivity contribution in [2.45, 2.75) is 12.5 Å². The molecule has 2 N–H and O–H groups in total. The van der Waals surface area contributed by atoms with Crippen LogP contribution in [0.4, 0.5) is 0 Å². The molecule has 0 aliphatic carbocycles. The van der Waals surface area contributed by atoms with Crippen LogP contribution in [0.1, 0.15) is 17.2 Å². The lowest BCUT2D eigenvalue weighted by Crippen LogP contribution is -2.49. The molecular formula is C25H32N4O5. The van der Waals surface area contributed by atoms with E-state index in [1.807, 2.05) is 42.5 Å². The normalized spacial score (nSPS) is 16.6. The van der Waals surface area contributed by atoms with Crippen LogP contribution in [0, 0.1) is 0 Å². The van der Waals surface area contributed by atoms with Crippen LogP contribution >= 0.6 is 0 Å². The Kier molecular flexibility index (Phi) is 7.87. The third-order valence-electron chi connectivity index (χ3n) is 6.29. The summed E-state index contributed by atoms with van der Waals surface area (Å²) in [7, 11) is 3.71. The highest BCUT2D eigenvalue weighted by molar-refractivity contribution is 6.35. The first-order valence-electron chi connectivity index (χ1n) is 11.5. The summed E-state index contributed by atoms with van der Waals surface area (Å²) in [6.45, 7) is 4.51. The van der Waals surface area contributed by atoms with E-state index in [-0.39, 0.29) is 12.8 Å². The largest absolute Gasteiger partial charge is 0.496 e. The van der Waals surface area contributed by atoms with Gasteiger partial charge in [0.2, 0.25) is 6.79 Å². The summed E-state index contributed by atoms with van der Waals surface area (Å²) >= 11 is 0. The Balaban J connectivity index is 1.34. The molecule has 0 aromatic heterocycles. The maximum Gasteiger partial charge on any atom is 0.309 e. The Morgan fingerprint density at radius 3 is 2.53 bits per heavy atom. The average molecular weight is 469 g/mol. The van der Waals surface area contributed by atoms with E-state index in [2.05, 4.69) is 27.5 Å². The molecule has 0 bridgehead atoms. The first-order valence-corrected chi connectivity index (χ1v) is 11.5. The Hall–Kier alpha value is -3.30. The molecule has 34 heavy (non-hydrogen) atoms. The molecular weight excluding hydrogens is 436 g/mol. The number of carbonyl (C=O) groups is 2. The number of rotatable bonds is 8. The molecule has 9 heteroatoms. The van der Waals surface area contributed by atoms with E-state index in [1.165, 1.54) is 0 Å². The fraction of sp³-hybridized carbons (Fsp3) is 0.440. The van der Waals surface area contributed by atoms with Gasteiger partial charge in [-0.2, -0.15) is 0 Å². The number of hydrogen-bond donors (Lipinski definition) is 2. The SMILES string of the molecule is COc1ccccc1CCNC(=O)C(=O)NC[C@@H](c1ccc2c(c1)OCO2)N1CCN(C)CC1. The Labute approximate surface area is 200 Å². The molecule has 0 radical (unpaired) electrons. The Bertz CT molecular complexity index is 1010. The van der Waals surface area contributed by atoms with Crippen LogP contribution < -0.4 is 24.8 Å². The number of fused-ring (bicyclic) bond motifs is 1. The molecule has 1 saturated heterocycles. The van der Waals surface area contributed by atoms with Gasteiger partial charge in [0.15, 0.2) is 11.5 Å². The van der Waals surface area contributed by atoms with Gasteiger partial charge >= 0.3 is 11.8 Å². The quantitative estimate of drug-likeness (QED) is 0.562. The van der Waals surface area contributed by atoms with Crippen molar-refractivity contribution >= 4 is 11.8 Å². The van der Waals surface area contributed by atoms with E-state index >= 15 is 0 Å². The molecule has 0 spiro atoms. The number of nitrogens with zero attached hydrogens (tertiary/aromatic N) is 2. The van der Waals surface area contributed by atoms with E-state index in [0.29, 0.717) is 25.3 Å². The molecule has 2 aliphatic rings. The van der Waals surface area contributed by atoms with Crippen molar-refractivity contribution in [3.63, 3.8) is 0 Å². The van der Waals surface area contributed by atoms with Crippen LogP contribution in [-0.4, -0.2) is 81.8 Å². The van der Waals surface area contributed by atoms with Crippen LogP contribution in [0.3, 0.4) is 0 Å². The van der Waals surface area contributed by atoms with Crippen LogP contribution in [0.15, 0.2) is 42.5 Å². The molecule has 2 heterocycles. The van der Waals surface area contributed by atoms with Crippen LogP contribution in [-0.2, 0) is 16.0 Å². The van der Waals surface area contributed by atoms with Gasteiger partial charge in [0.25, 0.3) is 0 Å². The summed E-state index contributed by atoms with van der Waals surface area (Å²) in [6.07, 6.45) is 0.574. The Morgan fingerprint density at radius 2 is 1.74 bits per heavy atom. The highest BCUT2D eigenvalue weighted by Crippen LogP contribution is 2.35. The van der Waals surface area contributed by atoms with Gasteiger partial charge in [-0.3, -0.25) is 14.5 Å². The summed E-state index contributed by atoms with van der Waals surface area (Å²) < 4.78 is 16.3. The smallest absolute Gasteiger partial charge is 0.309 e. The second kappa shape index (κ2) is 11.2. The third-order valence-corrected chi connectivity index (χ3v) is 6.29. The van der Waals surface area contributed by atoms with Crippen molar-refractivity contribution in [3.8, 4) is 17.2 Å². The van der Waals surface area contributed by atoms with E-state index in [4.69, 9.17) is 14.2 Å². The minimum atomic E-state index is -0.641. The second-order valence-electron chi connectivity index (χ2n) is 8.50. The summed E-state index contributed by atoms with van der Waals surface area (Å²) in [6, 6.07) is 13.4. The molecule has 1 atom stereocenters. The predicted octanol–water partition coefficient (Wildman–Crippen LogP) is 1.19. The van der Waals surface area contributed by atoms with Gasteiger partial charge in [0.05, 0.1) is 13.2 Å². The zero-order chi connectivity index (χ0) is 23.9. The first-order chi connectivity index (χ1) is 16.5. The lowest BCUT2D eigenvalue weighted by atomic mass is 10.0. The number of hydrogen-bond acceptors (Lipinski definition) is 7. The van der Waals surface area contributed by atoms with Crippen molar-refractivity contribution in [1.82, 2.24) is 20.4 Å². The molecule has 2 aromatic carbocycles. The van der Waals surface area contributed by atoms with Gasteiger partial charge in [-0.1, -0.05) is 24.3 Å². The molecule has 0 saturated carbocycles. The topological polar surface area (TPSA) is 92.4 Å². The molecule has 0 unspecified atom stereocenters. The number of methoxy groups -OCH3 is 1. The zero-order valence-corrected chi connectivity index (χ0v) is 19.7. The first kappa shape index (κ1) is 23.8. The van der Waals surface area contributed by atoms with Gasteiger partial charge in [0.1, 0.15) is 5.75 Å². The van der Waals surface area contributed by atoms with Crippen LogP contribution in [0.2, 0.25) is 0 Å². The van der Waals surface area contributed by atoms with Crippen LogP contribution in [0.25, 0.3) is 0 Å². The average Bonchev–Trinajstić information content (AvgIpc) is 3.33.